The lowest BCUT2D eigenvalue weighted by atomic mass is 10.2. The molecule has 1 aliphatic rings. The number of phenolic OH excluding ortho intramolecular Hbond substituents is 1. The van der Waals surface area contributed by atoms with Crippen LogP contribution in [0.25, 0.3) is 17.4 Å². The number of thioether (sulfide) groups is 1. The molecule has 0 bridgehead atoms. The lowest BCUT2D eigenvalue weighted by Gasteiger charge is -2.06. The fraction of sp³-hybridized carbons (Fsp3) is 0.0476. The molecule has 6 heteroatoms. The van der Waals surface area contributed by atoms with Crippen LogP contribution in [0, 0.1) is 0 Å². The summed E-state index contributed by atoms with van der Waals surface area (Å²) >= 11 is 1.32. The largest absolute Gasteiger partial charge is 0.508 e. The average Bonchev–Trinajstić information content (AvgIpc) is 3.24. The van der Waals surface area contributed by atoms with Crippen LogP contribution in [0.5, 0.6) is 5.75 Å². The Balaban J connectivity index is 1.58. The molecule has 1 N–H and O–H groups in total. The second-order valence-corrected chi connectivity index (χ2v) is 6.96. The van der Waals surface area contributed by atoms with Gasteiger partial charge < -0.3 is 9.52 Å². The number of carbonyl (C=O) groups is 1. The molecule has 0 radical (unpaired) electrons. The molecule has 4 rings (SSSR count). The topological polar surface area (TPSA) is 66.0 Å². The number of likely N-dealkylation sites (N-methyl/N-ethyl adjacent to an activating group) is 1. The van der Waals surface area contributed by atoms with Crippen LogP contribution in [0.4, 0.5) is 5.69 Å². The van der Waals surface area contributed by atoms with E-state index >= 15 is 0 Å². The summed E-state index contributed by atoms with van der Waals surface area (Å²) in [5, 5.41) is 10.0. The zero-order chi connectivity index (χ0) is 18.8. The average molecular weight is 376 g/mol. The SMILES string of the molecule is CN1C(=O)C(=Cc2ccc(-c3ccc(O)cc3)o2)SC1=Nc1ccccc1. The third-order valence-corrected chi connectivity index (χ3v) is 5.10. The highest BCUT2D eigenvalue weighted by Crippen LogP contribution is 2.34. The van der Waals surface area contributed by atoms with Crippen molar-refractivity contribution < 1.29 is 14.3 Å². The predicted molar refractivity (Wildman–Crippen MR) is 108 cm³/mol. The minimum atomic E-state index is -0.114. The first-order valence-electron chi connectivity index (χ1n) is 8.31. The molecule has 1 fully saturated rings. The quantitative estimate of drug-likeness (QED) is 0.661. The van der Waals surface area contributed by atoms with Gasteiger partial charge in [0.05, 0.1) is 10.6 Å². The van der Waals surface area contributed by atoms with Crippen LogP contribution in [0.3, 0.4) is 0 Å². The molecule has 0 spiro atoms. The molecule has 0 aliphatic carbocycles. The first-order valence-corrected chi connectivity index (χ1v) is 9.12. The standard InChI is InChI=1S/C21H16N2O3S/c1-23-20(25)19(27-21(23)22-15-5-3-2-4-6-15)13-17-11-12-18(26-17)14-7-9-16(24)10-8-14/h2-13,24H,1H3. The van der Waals surface area contributed by atoms with Crippen LogP contribution in [0.1, 0.15) is 5.76 Å². The van der Waals surface area contributed by atoms with Crippen molar-refractivity contribution in [2.24, 2.45) is 4.99 Å². The zero-order valence-electron chi connectivity index (χ0n) is 14.5. The van der Waals surface area contributed by atoms with Gasteiger partial charge in [-0.25, -0.2) is 4.99 Å². The summed E-state index contributed by atoms with van der Waals surface area (Å²) in [4.78, 5) is 19.1. The second-order valence-electron chi connectivity index (χ2n) is 5.95. The number of hydrogen-bond donors (Lipinski definition) is 1. The molecule has 2 aromatic carbocycles. The van der Waals surface area contributed by atoms with E-state index in [1.807, 2.05) is 42.5 Å². The fourth-order valence-electron chi connectivity index (χ4n) is 2.61. The summed E-state index contributed by atoms with van der Waals surface area (Å²) in [6.45, 7) is 0. The van der Waals surface area contributed by atoms with E-state index in [9.17, 15) is 9.90 Å². The third kappa shape index (κ3) is 3.66. The molecule has 1 aromatic heterocycles. The van der Waals surface area contributed by atoms with E-state index in [1.54, 1.807) is 37.4 Å². The van der Waals surface area contributed by atoms with E-state index in [0.717, 1.165) is 11.3 Å². The van der Waals surface area contributed by atoms with Crippen molar-refractivity contribution in [1.82, 2.24) is 4.90 Å². The van der Waals surface area contributed by atoms with Crippen LogP contribution in [0.15, 0.2) is 81.0 Å². The van der Waals surface area contributed by atoms with Crippen molar-refractivity contribution in [1.29, 1.82) is 0 Å². The summed E-state index contributed by atoms with van der Waals surface area (Å²) in [5.74, 6) is 1.35. The Morgan fingerprint density at radius 3 is 2.52 bits per heavy atom. The Labute approximate surface area is 160 Å². The number of aromatic hydroxyl groups is 1. The highest BCUT2D eigenvalue weighted by molar-refractivity contribution is 8.18. The molecule has 3 aromatic rings. The number of amidine groups is 1. The molecule has 0 saturated carbocycles. The molecule has 1 aliphatic heterocycles. The van der Waals surface area contributed by atoms with Gasteiger partial charge in [0, 0.05) is 18.7 Å². The van der Waals surface area contributed by atoms with Gasteiger partial charge in [-0.1, -0.05) is 18.2 Å². The van der Waals surface area contributed by atoms with Crippen LogP contribution in [0.2, 0.25) is 0 Å². The van der Waals surface area contributed by atoms with Crippen molar-refractivity contribution in [3.05, 3.63) is 77.4 Å². The van der Waals surface area contributed by atoms with E-state index < -0.39 is 0 Å². The Hall–Kier alpha value is -3.25. The summed E-state index contributed by atoms with van der Waals surface area (Å²) in [6.07, 6.45) is 1.72. The molecular formula is C21H16N2O3S. The minimum absolute atomic E-state index is 0.114. The Morgan fingerprint density at radius 2 is 1.78 bits per heavy atom. The number of amides is 1. The third-order valence-electron chi connectivity index (χ3n) is 4.04. The summed E-state index contributed by atoms with van der Waals surface area (Å²) < 4.78 is 5.83. The molecule has 2 heterocycles. The van der Waals surface area contributed by atoms with Gasteiger partial charge in [-0.05, 0) is 60.3 Å². The molecule has 1 amide bonds. The van der Waals surface area contributed by atoms with Gasteiger partial charge in [0.25, 0.3) is 5.91 Å². The predicted octanol–water partition coefficient (Wildman–Crippen LogP) is 4.89. The fourth-order valence-corrected chi connectivity index (χ4v) is 3.57. The van der Waals surface area contributed by atoms with Crippen molar-refractivity contribution in [2.75, 3.05) is 7.05 Å². The number of phenols is 1. The smallest absolute Gasteiger partial charge is 0.266 e. The van der Waals surface area contributed by atoms with E-state index in [2.05, 4.69) is 4.99 Å². The van der Waals surface area contributed by atoms with Crippen LogP contribution >= 0.6 is 11.8 Å². The molecule has 5 nitrogen and oxygen atoms in total. The van der Waals surface area contributed by atoms with E-state index in [-0.39, 0.29) is 11.7 Å². The summed E-state index contributed by atoms with van der Waals surface area (Å²) in [5.41, 5.74) is 1.65. The van der Waals surface area contributed by atoms with E-state index in [0.29, 0.717) is 21.6 Å². The van der Waals surface area contributed by atoms with Crippen LogP contribution in [-0.2, 0) is 4.79 Å². The number of aliphatic imine (C=N–C) groups is 1. The van der Waals surface area contributed by atoms with Gasteiger partial charge in [-0.2, -0.15) is 0 Å². The first kappa shape index (κ1) is 17.2. The molecule has 0 unspecified atom stereocenters. The molecule has 1 saturated heterocycles. The number of furan rings is 1. The van der Waals surface area contributed by atoms with Crippen LogP contribution in [-0.4, -0.2) is 28.1 Å². The van der Waals surface area contributed by atoms with Crippen molar-refractivity contribution in [3.8, 4) is 17.1 Å². The van der Waals surface area contributed by atoms with Gasteiger partial charge in [0.2, 0.25) is 0 Å². The first-order chi connectivity index (χ1) is 13.1. The van der Waals surface area contributed by atoms with E-state index in [1.165, 1.54) is 16.7 Å². The number of carbonyl (C=O) groups excluding carboxylic acids is 1. The summed E-state index contributed by atoms with van der Waals surface area (Å²) in [7, 11) is 1.71. The second kappa shape index (κ2) is 7.17. The number of hydrogen-bond acceptors (Lipinski definition) is 5. The Morgan fingerprint density at radius 1 is 1.04 bits per heavy atom. The van der Waals surface area contributed by atoms with Gasteiger partial charge >= 0.3 is 0 Å². The highest BCUT2D eigenvalue weighted by atomic mass is 32.2. The monoisotopic (exact) mass is 376 g/mol. The number of rotatable bonds is 3. The van der Waals surface area contributed by atoms with Crippen molar-refractivity contribution >= 4 is 34.6 Å². The lowest BCUT2D eigenvalue weighted by molar-refractivity contribution is -0.121. The van der Waals surface area contributed by atoms with Crippen molar-refractivity contribution in [2.45, 2.75) is 0 Å². The van der Waals surface area contributed by atoms with Gasteiger partial charge in [0.15, 0.2) is 5.17 Å². The number of nitrogens with zero attached hydrogens (tertiary/aromatic N) is 2. The van der Waals surface area contributed by atoms with Crippen molar-refractivity contribution in [3.63, 3.8) is 0 Å². The zero-order valence-corrected chi connectivity index (χ0v) is 15.3. The van der Waals surface area contributed by atoms with Gasteiger partial charge in [-0.15, -0.1) is 0 Å². The number of benzene rings is 2. The van der Waals surface area contributed by atoms with Gasteiger partial charge in [0.1, 0.15) is 17.3 Å². The number of para-hydroxylation sites is 1. The Kier molecular flexibility index (Phi) is 4.56. The maximum atomic E-state index is 12.5. The maximum Gasteiger partial charge on any atom is 0.266 e. The van der Waals surface area contributed by atoms with Gasteiger partial charge in [-0.3, -0.25) is 9.69 Å². The molecule has 27 heavy (non-hydrogen) atoms. The summed E-state index contributed by atoms with van der Waals surface area (Å²) in [6, 6.07) is 19.9. The van der Waals surface area contributed by atoms with Crippen LogP contribution < -0.4 is 0 Å². The minimum Gasteiger partial charge on any atom is -0.508 e. The highest BCUT2D eigenvalue weighted by Gasteiger charge is 2.30. The lowest BCUT2D eigenvalue weighted by Crippen LogP contribution is -2.23. The molecule has 134 valence electrons. The molecular weight excluding hydrogens is 360 g/mol. The Bertz CT molecular complexity index is 1040. The maximum absolute atomic E-state index is 12.5. The van der Waals surface area contributed by atoms with E-state index in [4.69, 9.17) is 4.42 Å². The molecule has 0 atom stereocenters. The normalized spacial score (nSPS) is 17.2.